The number of hydrogen-bond donors (Lipinski definition) is 1. The first-order chi connectivity index (χ1) is 19.6. The lowest BCUT2D eigenvalue weighted by atomic mass is 9.79. The molecule has 1 atom stereocenters. The third-order valence-corrected chi connectivity index (χ3v) is 9.38. The molecule has 1 N–H and O–H groups in total. The summed E-state index contributed by atoms with van der Waals surface area (Å²) in [5, 5.41) is 3.13. The number of halogens is 3. The van der Waals surface area contributed by atoms with Gasteiger partial charge in [0.15, 0.2) is 0 Å². The van der Waals surface area contributed by atoms with E-state index in [9.17, 15) is 22.8 Å². The van der Waals surface area contributed by atoms with E-state index in [0.29, 0.717) is 50.7 Å². The van der Waals surface area contributed by atoms with E-state index < -0.39 is 23.3 Å². The highest BCUT2D eigenvalue weighted by Gasteiger charge is 2.53. The molecule has 9 heteroatoms. The quantitative estimate of drug-likeness (QED) is 0.382. The third-order valence-electron chi connectivity index (χ3n) is 9.38. The fourth-order valence-corrected chi connectivity index (χ4v) is 7.09. The molecule has 41 heavy (non-hydrogen) atoms. The lowest BCUT2D eigenvalue weighted by Gasteiger charge is -2.52. The molecule has 2 aromatic rings. The van der Waals surface area contributed by atoms with Gasteiger partial charge < -0.3 is 14.6 Å². The van der Waals surface area contributed by atoms with E-state index in [4.69, 9.17) is 4.42 Å². The maximum Gasteiger partial charge on any atom is 0.417 e. The van der Waals surface area contributed by atoms with Gasteiger partial charge in [0.05, 0.1) is 12.1 Å². The Bertz CT molecular complexity index is 1230. The zero-order chi connectivity index (χ0) is 29.2. The van der Waals surface area contributed by atoms with E-state index in [0.717, 1.165) is 32.1 Å². The number of furan rings is 1. The zero-order valence-corrected chi connectivity index (χ0v) is 24.2. The molecule has 1 aliphatic carbocycles. The summed E-state index contributed by atoms with van der Waals surface area (Å²) in [6.45, 7) is 5.74. The molecule has 1 unspecified atom stereocenters. The highest BCUT2D eigenvalue weighted by atomic mass is 19.4. The predicted octanol–water partition coefficient (Wildman–Crippen LogP) is 6.71. The van der Waals surface area contributed by atoms with Gasteiger partial charge in [0, 0.05) is 25.2 Å². The number of alkyl halides is 3. The van der Waals surface area contributed by atoms with Crippen LogP contribution in [0.4, 0.5) is 13.2 Å². The van der Waals surface area contributed by atoms with Crippen LogP contribution in [0, 0.1) is 12.8 Å². The molecular weight excluding hydrogens is 531 g/mol. The van der Waals surface area contributed by atoms with E-state index in [1.165, 1.54) is 38.3 Å². The van der Waals surface area contributed by atoms with Crippen molar-refractivity contribution in [1.29, 1.82) is 0 Å². The molecule has 0 radical (unpaired) electrons. The summed E-state index contributed by atoms with van der Waals surface area (Å²) in [6.07, 6.45) is 5.00. The second-order valence-electron chi connectivity index (χ2n) is 12.2. The average molecular weight is 574 g/mol. The largest absolute Gasteiger partial charge is 0.460 e. The molecule has 3 heterocycles. The summed E-state index contributed by atoms with van der Waals surface area (Å²) in [5.74, 6) is 1.29. The molecule has 2 amide bonds. The van der Waals surface area contributed by atoms with Crippen molar-refractivity contribution >= 4 is 11.8 Å². The molecular formula is C32H42F3N3O3. The number of aryl methyl sites for hydroxylation is 1. The maximum absolute atomic E-state index is 13.8. The van der Waals surface area contributed by atoms with E-state index in [1.54, 1.807) is 18.2 Å². The summed E-state index contributed by atoms with van der Waals surface area (Å²) in [5.41, 5.74) is -1.33. The predicted molar refractivity (Wildman–Crippen MR) is 151 cm³/mol. The lowest BCUT2D eigenvalue weighted by molar-refractivity contribution is -0.162. The van der Waals surface area contributed by atoms with Gasteiger partial charge in [0.2, 0.25) is 11.8 Å². The number of likely N-dealkylation sites (tertiary alicyclic amines) is 1. The SMILES string of the molecule is CCCCN1C(=O)C(CC2CCCCC2)NC(=O)C12CCN(Cc1ccc(-c3cccc(C)c3C(F)(F)F)o1)CC2. The first-order valence-electron chi connectivity index (χ1n) is 15.2. The van der Waals surface area contributed by atoms with Gasteiger partial charge in [0.1, 0.15) is 23.1 Å². The van der Waals surface area contributed by atoms with Crippen LogP contribution in [0.5, 0.6) is 0 Å². The minimum atomic E-state index is -4.48. The van der Waals surface area contributed by atoms with Crippen LogP contribution >= 0.6 is 0 Å². The maximum atomic E-state index is 13.8. The van der Waals surface area contributed by atoms with Crippen molar-refractivity contribution in [3.8, 4) is 11.3 Å². The van der Waals surface area contributed by atoms with Crippen LogP contribution in [0.1, 0.15) is 88.0 Å². The number of nitrogens with zero attached hydrogens (tertiary/aromatic N) is 2. The standard InChI is InChI=1S/C32H42F3N3O3/c1-3-4-17-38-29(39)26(20-23-10-6-5-7-11-23)36-30(40)31(38)15-18-37(19-16-31)21-24-13-14-27(41-24)25-12-8-9-22(2)28(25)32(33,34)35/h8-9,12-14,23,26H,3-7,10-11,15-21H2,1-2H3,(H,36,40). The summed E-state index contributed by atoms with van der Waals surface area (Å²) in [6, 6.07) is 7.38. The first-order valence-corrected chi connectivity index (χ1v) is 15.2. The number of rotatable bonds is 8. The van der Waals surface area contributed by atoms with Crippen LogP contribution in [0.25, 0.3) is 11.3 Å². The van der Waals surface area contributed by atoms with Crippen molar-refractivity contribution < 1.29 is 27.2 Å². The molecule has 0 bridgehead atoms. The number of carbonyl (C=O) groups excluding carboxylic acids is 2. The second kappa shape index (κ2) is 12.2. The van der Waals surface area contributed by atoms with Crippen molar-refractivity contribution in [3.05, 3.63) is 47.2 Å². The Morgan fingerprint density at radius 2 is 1.78 bits per heavy atom. The van der Waals surface area contributed by atoms with Crippen molar-refractivity contribution in [2.24, 2.45) is 5.92 Å². The highest BCUT2D eigenvalue weighted by Crippen LogP contribution is 2.40. The van der Waals surface area contributed by atoms with E-state index >= 15 is 0 Å². The van der Waals surface area contributed by atoms with E-state index in [2.05, 4.69) is 17.1 Å². The molecule has 2 saturated heterocycles. The van der Waals surface area contributed by atoms with Crippen molar-refractivity contribution in [2.75, 3.05) is 19.6 Å². The van der Waals surface area contributed by atoms with Crippen LogP contribution in [-0.2, 0) is 22.3 Å². The van der Waals surface area contributed by atoms with Crippen molar-refractivity contribution in [1.82, 2.24) is 15.1 Å². The average Bonchev–Trinajstić information content (AvgIpc) is 3.41. The Labute approximate surface area is 240 Å². The number of nitrogens with one attached hydrogen (secondary N) is 1. The summed E-state index contributed by atoms with van der Waals surface area (Å²) in [4.78, 5) is 31.5. The molecule has 3 aliphatic rings. The van der Waals surface area contributed by atoms with Crippen molar-refractivity contribution in [2.45, 2.75) is 102 Å². The fourth-order valence-electron chi connectivity index (χ4n) is 7.09. The molecule has 5 rings (SSSR count). The smallest absolute Gasteiger partial charge is 0.417 e. The molecule has 1 aromatic heterocycles. The van der Waals surface area contributed by atoms with Crippen LogP contribution in [0.3, 0.4) is 0 Å². The second-order valence-corrected chi connectivity index (χ2v) is 12.2. The number of benzene rings is 1. The Hall–Kier alpha value is -2.81. The fraction of sp³-hybridized carbons (Fsp3) is 0.625. The third kappa shape index (κ3) is 6.20. The van der Waals surface area contributed by atoms with Gasteiger partial charge in [-0.3, -0.25) is 14.5 Å². The molecule has 3 fully saturated rings. The van der Waals surface area contributed by atoms with Gasteiger partial charge in [-0.1, -0.05) is 63.6 Å². The van der Waals surface area contributed by atoms with Crippen LogP contribution in [-0.4, -0.2) is 52.8 Å². The number of carbonyl (C=O) groups is 2. The Balaban J connectivity index is 1.26. The molecule has 2 aliphatic heterocycles. The van der Waals surface area contributed by atoms with E-state index in [1.807, 2.05) is 4.90 Å². The Kier molecular flexibility index (Phi) is 8.83. The number of amides is 2. The zero-order valence-electron chi connectivity index (χ0n) is 24.2. The van der Waals surface area contributed by atoms with Gasteiger partial charge in [-0.25, -0.2) is 0 Å². The number of piperidine rings is 1. The highest BCUT2D eigenvalue weighted by molar-refractivity contribution is 6.00. The summed E-state index contributed by atoms with van der Waals surface area (Å²) in [7, 11) is 0. The normalized spacial score (nSPS) is 22.4. The van der Waals surface area contributed by atoms with Gasteiger partial charge in [-0.05, 0) is 56.2 Å². The summed E-state index contributed by atoms with van der Waals surface area (Å²) >= 11 is 0. The lowest BCUT2D eigenvalue weighted by Crippen LogP contribution is -2.73. The Morgan fingerprint density at radius 3 is 2.46 bits per heavy atom. The van der Waals surface area contributed by atoms with Crippen molar-refractivity contribution in [3.63, 3.8) is 0 Å². The number of hydrogen-bond acceptors (Lipinski definition) is 4. The number of piperazine rings is 1. The van der Waals surface area contributed by atoms with Crippen LogP contribution in [0.15, 0.2) is 34.7 Å². The van der Waals surface area contributed by atoms with Gasteiger partial charge >= 0.3 is 6.18 Å². The van der Waals surface area contributed by atoms with E-state index in [-0.39, 0.29) is 28.7 Å². The van der Waals surface area contributed by atoms with Crippen LogP contribution in [0.2, 0.25) is 0 Å². The van der Waals surface area contributed by atoms with Gasteiger partial charge in [0.25, 0.3) is 0 Å². The molecule has 6 nitrogen and oxygen atoms in total. The monoisotopic (exact) mass is 573 g/mol. The molecule has 224 valence electrons. The Morgan fingerprint density at radius 1 is 1.05 bits per heavy atom. The topological polar surface area (TPSA) is 65.8 Å². The first kappa shape index (κ1) is 29.7. The van der Waals surface area contributed by atoms with Gasteiger partial charge in [-0.2, -0.15) is 13.2 Å². The summed E-state index contributed by atoms with van der Waals surface area (Å²) < 4.78 is 47.2. The van der Waals surface area contributed by atoms with Gasteiger partial charge in [-0.15, -0.1) is 0 Å². The molecule has 1 spiro atoms. The minimum absolute atomic E-state index is 0.0342. The minimum Gasteiger partial charge on any atom is -0.460 e. The molecule has 1 aromatic carbocycles. The van der Waals surface area contributed by atoms with Crippen LogP contribution < -0.4 is 5.32 Å². The number of unbranched alkanes of at least 4 members (excludes halogenated alkanes) is 1. The molecule has 1 saturated carbocycles.